The van der Waals surface area contributed by atoms with Crippen molar-refractivity contribution in [1.82, 2.24) is 0 Å². The van der Waals surface area contributed by atoms with Crippen LogP contribution in [0.15, 0.2) is 30.3 Å². The number of rotatable bonds is 6. The van der Waals surface area contributed by atoms with Gasteiger partial charge in [0.2, 0.25) is 0 Å². The fraction of sp³-hybridized carbons (Fsp3) is 0.529. The van der Waals surface area contributed by atoms with Crippen LogP contribution < -0.4 is 0 Å². The van der Waals surface area contributed by atoms with Gasteiger partial charge in [-0.05, 0) is 24.8 Å². The molecular formula is C17H21NO2. The summed E-state index contributed by atoms with van der Waals surface area (Å²) >= 11 is 0. The fourth-order valence-corrected chi connectivity index (χ4v) is 2.87. The largest absolute Gasteiger partial charge is 0.461 e. The zero-order valence-electron chi connectivity index (χ0n) is 11.9. The van der Waals surface area contributed by atoms with E-state index in [1.54, 1.807) is 0 Å². The fourth-order valence-electron chi connectivity index (χ4n) is 2.87. The minimum atomic E-state index is -0.567. The number of cyclic esters (lactones) is 1. The van der Waals surface area contributed by atoms with Crippen molar-refractivity contribution in [3.63, 3.8) is 0 Å². The molecule has 1 fully saturated rings. The Morgan fingerprint density at radius 3 is 2.65 bits per heavy atom. The Morgan fingerprint density at radius 2 is 2.00 bits per heavy atom. The summed E-state index contributed by atoms with van der Waals surface area (Å²) in [7, 11) is 0. The van der Waals surface area contributed by atoms with E-state index in [4.69, 9.17) is 10.00 Å². The van der Waals surface area contributed by atoms with Gasteiger partial charge in [-0.1, -0.05) is 50.1 Å². The van der Waals surface area contributed by atoms with Crippen molar-refractivity contribution in [3.05, 3.63) is 35.9 Å². The van der Waals surface area contributed by atoms with E-state index in [-0.39, 0.29) is 18.0 Å². The van der Waals surface area contributed by atoms with Gasteiger partial charge in [-0.2, -0.15) is 5.26 Å². The maximum Gasteiger partial charge on any atom is 0.324 e. The Labute approximate surface area is 120 Å². The van der Waals surface area contributed by atoms with Crippen LogP contribution in [-0.4, -0.2) is 12.1 Å². The summed E-state index contributed by atoms with van der Waals surface area (Å²) in [5.74, 6) is -0.829. The maximum atomic E-state index is 11.8. The highest BCUT2D eigenvalue weighted by Crippen LogP contribution is 2.34. The number of unbranched alkanes of at least 4 members (excludes halogenated alkanes) is 1. The summed E-state index contributed by atoms with van der Waals surface area (Å²) in [5.41, 5.74) is 1.25. The number of ether oxygens (including phenoxy) is 1. The van der Waals surface area contributed by atoms with Crippen molar-refractivity contribution in [2.75, 3.05) is 0 Å². The van der Waals surface area contributed by atoms with Crippen molar-refractivity contribution in [2.24, 2.45) is 11.8 Å². The lowest BCUT2D eigenvalue weighted by molar-refractivity contribution is -0.143. The van der Waals surface area contributed by atoms with E-state index in [0.29, 0.717) is 0 Å². The Kier molecular flexibility index (Phi) is 5.17. The highest BCUT2D eigenvalue weighted by Gasteiger charge is 2.43. The van der Waals surface area contributed by atoms with E-state index in [1.807, 2.05) is 18.2 Å². The molecule has 20 heavy (non-hydrogen) atoms. The number of aryl methyl sites for hydroxylation is 1. The van der Waals surface area contributed by atoms with Crippen molar-refractivity contribution >= 4 is 5.97 Å². The van der Waals surface area contributed by atoms with E-state index in [1.165, 1.54) is 5.56 Å². The van der Waals surface area contributed by atoms with Gasteiger partial charge in [0.25, 0.3) is 0 Å². The zero-order valence-corrected chi connectivity index (χ0v) is 11.9. The van der Waals surface area contributed by atoms with Crippen molar-refractivity contribution in [1.29, 1.82) is 5.26 Å². The minimum absolute atomic E-state index is 0.0659. The summed E-state index contributed by atoms with van der Waals surface area (Å²) < 4.78 is 5.43. The third-order valence-corrected chi connectivity index (χ3v) is 4.02. The molecule has 0 N–H and O–H groups in total. The predicted molar refractivity (Wildman–Crippen MR) is 76.8 cm³/mol. The van der Waals surface area contributed by atoms with Gasteiger partial charge in [-0.3, -0.25) is 4.79 Å². The summed E-state index contributed by atoms with van der Waals surface area (Å²) in [6.07, 6.45) is 4.62. The van der Waals surface area contributed by atoms with Crippen LogP contribution in [0.3, 0.4) is 0 Å². The molecule has 1 aliphatic heterocycles. The molecule has 3 atom stereocenters. The first-order valence-corrected chi connectivity index (χ1v) is 7.40. The Hall–Kier alpha value is -1.82. The lowest BCUT2D eigenvalue weighted by atomic mass is 9.85. The Balaban J connectivity index is 1.98. The lowest BCUT2D eigenvalue weighted by Gasteiger charge is -2.18. The molecule has 1 aromatic rings. The molecule has 0 aliphatic carbocycles. The number of carbonyl (C=O) groups excluding carboxylic acids is 1. The van der Waals surface area contributed by atoms with E-state index in [0.717, 1.165) is 32.1 Å². The molecule has 1 aromatic carbocycles. The van der Waals surface area contributed by atoms with E-state index in [9.17, 15) is 4.79 Å². The second-order valence-corrected chi connectivity index (χ2v) is 5.41. The quantitative estimate of drug-likeness (QED) is 0.744. The molecule has 0 spiro atoms. The smallest absolute Gasteiger partial charge is 0.324 e. The molecule has 1 saturated heterocycles. The maximum absolute atomic E-state index is 11.8. The number of benzene rings is 1. The van der Waals surface area contributed by atoms with Crippen LogP contribution in [0, 0.1) is 23.2 Å². The van der Waals surface area contributed by atoms with Crippen molar-refractivity contribution in [2.45, 2.75) is 45.1 Å². The van der Waals surface area contributed by atoms with Crippen LogP contribution in [-0.2, 0) is 16.0 Å². The number of hydrogen-bond acceptors (Lipinski definition) is 3. The molecule has 1 heterocycles. The van der Waals surface area contributed by atoms with Crippen LogP contribution in [0.25, 0.3) is 0 Å². The number of hydrogen-bond donors (Lipinski definition) is 0. The molecule has 0 radical (unpaired) electrons. The van der Waals surface area contributed by atoms with Gasteiger partial charge in [-0.25, -0.2) is 0 Å². The predicted octanol–water partition coefficient (Wildman–Crippen LogP) is 3.49. The zero-order chi connectivity index (χ0) is 14.4. The Morgan fingerprint density at radius 1 is 1.25 bits per heavy atom. The van der Waals surface area contributed by atoms with Gasteiger partial charge < -0.3 is 4.74 Å². The van der Waals surface area contributed by atoms with Gasteiger partial charge in [0, 0.05) is 5.92 Å². The van der Waals surface area contributed by atoms with Crippen LogP contribution in [0.5, 0.6) is 0 Å². The summed E-state index contributed by atoms with van der Waals surface area (Å²) in [6.45, 7) is 2.12. The number of nitrogens with zero attached hydrogens (tertiary/aromatic N) is 1. The third kappa shape index (κ3) is 3.39. The summed E-state index contributed by atoms with van der Waals surface area (Å²) in [5, 5.41) is 9.16. The van der Waals surface area contributed by atoms with Crippen molar-refractivity contribution in [3.8, 4) is 6.07 Å². The van der Waals surface area contributed by atoms with Gasteiger partial charge in [0.1, 0.15) is 12.0 Å². The third-order valence-electron chi connectivity index (χ3n) is 4.02. The van der Waals surface area contributed by atoms with Crippen LogP contribution in [0.4, 0.5) is 0 Å². The molecule has 0 amide bonds. The second kappa shape index (κ2) is 7.09. The van der Waals surface area contributed by atoms with E-state index >= 15 is 0 Å². The molecule has 1 aliphatic rings. The molecular weight excluding hydrogens is 250 g/mol. The summed E-state index contributed by atoms with van der Waals surface area (Å²) in [4.78, 5) is 11.8. The molecule has 3 heteroatoms. The average Bonchev–Trinajstić information content (AvgIpc) is 2.79. The van der Waals surface area contributed by atoms with Crippen LogP contribution in [0.2, 0.25) is 0 Å². The first-order valence-electron chi connectivity index (χ1n) is 7.40. The molecule has 0 unspecified atom stereocenters. The topological polar surface area (TPSA) is 50.1 Å². The van der Waals surface area contributed by atoms with Crippen molar-refractivity contribution < 1.29 is 9.53 Å². The molecule has 0 bridgehead atoms. The molecule has 0 saturated carbocycles. The second-order valence-electron chi connectivity index (χ2n) is 5.41. The van der Waals surface area contributed by atoms with E-state index in [2.05, 4.69) is 25.1 Å². The standard InChI is InChI=1S/C17H21NO2/c1-2-3-9-14-15(12-18)17(19)20-16(14)11-10-13-7-5-4-6-8-13/h4-8,14-16H,2-3,9-11H2,1H3/t14-,15-,16-/m0/s1. The normalized spacial score (nSPS) is 25.2. The van der Waals surface area contributed by atoms with Crippen LogP contribution >= 0.6 is 0 Å². The average molecular weight is 271 g/mol. The number of carbonyl (C=O) groups is 1. The van der Waals surface area contributed by atoms with Crippen LogP contribution in [0.1, 0.15) is 38.2 Å². The molecule has 0 aromatic heterocycles. The summed E-state index contributed by atoms with van der Waals surface area (Å²) in [6, 6.07) is 12.3. The highest BCUT2D eigenvalue weighted by molar-refractivity contribution is 5.78. The molecule has 3 nitrogen and oxygen atoms in total. The highest BCUT2D eigenvalue weighted by atomic mass is 16.6. The lowest BCUT2D eigenvalue weighted by Crippen LogP contribution is -2.21. The van der Waals surface area contributed by atoms with E-state index < -0.39 is 5.92 Å². The first kappa shape index (κ1) is 14.6. The monoisotopic (exact) mass is 271 g/mol. The van der Waals surface area contributed by atoms with Gasteiger partial charge >= 0.3 is 5.97 Å². The van der Waals surface area contributed by atoms with Gasteiger partial charge in [0.15, 0.2) is 0 Å². The Bertz CT molecular complexity index is 478. The minimum Gasteiger partial charge on any atom is -0.461 e. The number of esters is 1. The molecule has 106 valence electrons. The first-order chi connectivity index (χ1) is 9.76. The van der Waals surface area contributed by atoms with Gasteiger partial charge in [0.05, 0.1) is 6.07 Å². The molecule has 2 rings (SSSR count). The number of nitriles is 1. The van der Waals surface area contributed by atoms with Gasteiger partial charge in [-0.15, -0.1) is 0 Å². The SMILES string of the molecule is CCCC[C@@H]1[C@H](CCc2ccccc2)OC(=O)[C@H]1C#N.